The summed E-state index contributed by atoms with van der Waals surface area (Å²) in [4.78, 5) is 23.4. The average molecular weight is 519 g/mol. The molecule has 0 unspecified atom stereocenters. The highest BCUT2D eigenvalue weighted by molar-refractivity contribution is 7.90. The molecule has 37 heavy (non-hydrogen) atoms. The maximum Gasteiger partial charge on any atom is 0.317 e. The first-order valence-corrected chi connectivity index (χ1v) is 13.9. The number of aromatic nitrogens is 3. The Morgan fingerprint density at radius 3 is 2.49 bits per heavy atom. The molecule has 1 fully saturated rings. The first-order chi connectivity index (χ1) is 17.9. The van der Waals surface area contributed by atoms with Gasteiger partial charge < -0.3 is 15.5 Å². The molecule has 0 spiro atoms. The van der Waals surface area contributed by atoms with Crippen LogP contribution in [-0.4, -0.2) is 59.0 Å². The first-order valence-electron chi connectivity index (χ1n) is 12.4. The van der Waals surface area contributed by atoms with Crippen LogP contribution in [0.4, 0.5) is 10.7 Å². The summed E-state index contributed by atoms with van der Waals surface area (Å²) in [6, 6.07) is 16.0. The monoisotopic (exact) mass is 518 g/mol. The molecule has 192 valence electrons. The molecule has 2 aromatic heterocycles. The van der Waals surface area contributed by atoms with Crippen molar-refractivity contribution in [2.24, 2.45) is 0 Å². The van der Waals surface area contributed by atoms with E-state index in [2.05, 4.69) is 15.6 Å². The number of likely N-dealkylation sites (tertiary alicyclic amines) is 1. The van der Waals surface area contributed by atoms with Gasteiger partial charge in [0.2, 0.25) is 5.95 Å². The third-order valence-electron chi connectivity index (χ3n) is 6.65. The number of hydrogen-bond donors (Lipinski definition) is 2. The summed E-state index contributed by atoms with van der Waals surface area (Å²) >= 11 is 0. The van der Waals surface area contributed by atoms with Gasteiger partial charge in [-0.2, -0.15) is 0 Å². The lowest BCUT2D eigenvalue weighted by molar-refractivity contribution is 0.184. The fourth-order valence-electron chi connectivity index (χ4n) is 4.70. The van der Waals surface area contributed by atoms with Crippen molar-refractivity contribution >= 4 is 32.9 Å². The van der Waals surface area contributed by atoms with Crippen LogP contribution in [0.2, 0.25) is 0 Å². The normalized spacial score (nSPS) is 14.6. The minimum Gasteiger partial charge on any atom is -0.351 e. The second kappa shape index (κ2) is 10.2. The van der Waals surface area contributed by atoms with Gasteiger partial charge in [0, 0.05) is 49.0 Å². The van der Waals surface area contributed by atoms with Gasteiger partial charge in [0.25, 0.3) is 10.0 Å². The topological polar surface area (TPSA) is 109 Å². The number of nitrogens with one attached hydrogen (secondary N) is 2. The van der Waals surface area contributed by atoms with E-state index < -0.39 is 10.0 Å². The average Bonchev–Trinajstić information content (AvgIpc) is 3.31. The fraction of sp³-hybridized carbons (Fsp3) is 0.296. The van der Waals surface area contributed by atoms with Crippen LogP contribution < -0.4 is 10.6 Å². The molecule has 0 aliphatic carbocycles. The molecule has 2 N–H and O–H groups in total. The molecule has 3 heterocycles. The number of urea groups is 1. The summed E-state index contributed by atoms with van der Waals surface area (Å²) in [5.74, 6) is 0.486. The third-order valence-corrected chi connectivity index (χ3v) is 8.34. The van der Waals surface area contributed by atoms with Crippen molar-refractivity contribution in [2.45, 2.75) is 37.6 Å². The van der Waals surface area contributed by atoms with Gasteiger partial charge in [-0.15, -0.1) is 0 Å². The quantitative estimate of drug-likeness (QED) is 0.395. The van der Waals surface area contributed by atoms with Crippen LogP contribution in [0.15, 0.2) is 71.9 Å². The highest BCUT2D eigenvalue weighted by atomic mass is 32.2. The number of anilines is 1. The second-order valence-electron chi connectivity index (χ2n) is 9.14. The highest BCUT2D eigenvalue weighted by Crippen LogP contribution is 2.34. The zero-order chi connectivity index (χ0) is 26.0. The number of para-hydroxylation sites is 1. The van der Waals surface area contributed by atoms with E-state index in [0.29, 0.717) is 36.8 Å². The standard InChI is InChI=1S/C27H30N6O3S/c1-3-28-27(34)32-15-13-20(14-16-32)30-26-29-17-19(2)25(31-26)23-18-33(24-12-8-7-11-22(23)24)37(35,36)21-9-5-4-6-10-21/h4-12,17-18,20H,3,13-16H2,1-2H3,(H,28,34)(H,29,30,31). The second-order valence-corrected chi connectivity index (χ2v) is 11.0. The van der Waals surface area contributed by atoms with E-state index in [1.807, 2.05) is 36.9 Å². The molecule has 1 aliphatic rings. The Balaban J connectivity index is 1.46. The zero-order valence-electron chi connectivity index (χ0n) is 20.9. The van der Waals surface area contributed by atoms with Crippen LogP contribution in [0, 0.1) is 6.92 Å². The molecule has 1 aliphatic heterocycles. The fourth-order valence-corrected chi connectivity index (χ4v) is 6.09. The molecule has 2 aromatic carbocycles. The van der Waals surface area contributed by atoms with E-state index in [1.165, 1.54) is 3.97 Å². The number of carbonyl (C=O) groups excluding carboxylic acids is 1. The van der Waals surface area contributed by atoms with Crippen LogP contribution in [0.1, 0.15) is 25.3 Å². The lowest BCUT2D eigenvalue weighted by atomic mass is 10.1. The minimum atomic E-state index is -3.79. The summed E-state index contributed by atoms with van der Waals surface area (Å²) in [6.07, 6.45) is 4.99. The van der Waals surface area contributed by atoms with Crippen LogP contribution in [0.5, 0.6) is 0 Å². The van der Waals surface area contributed by atoms with Gasteiger partial charge in [0.15, 0.2) is 0 Å². The smallest absolute Gasteiger partial charge is 0.317 e. The third kappa shape index (κ3) is 4.89. The summed E-state index contributed by atoms with van der Waals surface area (Å²) < 4.78 is 28.3. The predicted octanol–water partition coefficient (Wildman–Crippen LogP) is 4.25. The number of nitrogens with zero attached hydrogens (tertiary/aromatic N) is 4. The van der Waals surface area contributed by atoms with E-state index in [1.54, 1.807) is 48.8 Å². The van der Waals surface area contributed by atoms with Gasteiger partial charge in [0.05, 0.1) is 16.1 Å². The van der Waals surface area contributed by atoms with E-state index in [4.69, 9.17) is 4.98 Å². The lowest BCUT2D eigenvalue weighted by Crippen LogP contribution is -2.46. The number of rotatable bonds is 6. The van der Waals surface area contributed by atoms with Crippen LogP contribution in [-0.2, 0) is 10.0 Å². The minimum absolute atomic E-state index is 0.0309. The molecular formula is C27H30N6O3S. The van der Waals surface area contributed by atoms with Crippen molar-refractivity contribution in [3.8, 4) is 11.3 Å². The molecule has 1 saturated heterocycles. The molecule has 2 amide bonds. The van der Waals surface area contributed by atoms with Crippen molar-refractivity contribution in [1.29, 1.82) is 0 Å². The molecule has 9 nitrogen and oxygen atoms in total. The Bertz CT molecular complexity index is 1530. The first kappa shape index (κ1) is 24.8. The number of amides is 2. The van der Waals surface area contributed by atoms with Gasteiger partial charge in [-0.3, -0.25) is 0 Å². The Labute approximate surface area is 216 Å². The number of fused-ring (bicyclic) bond motifs is 1. The van der Waals surface area contributed by atoms with E-state index >= 15 is 0 Å². The largest absolute Gasteiger partial charge is 0.351 e. The number of aryl methyl sites for hydroxylation is 1. The van der Waals surface area contributed by atoms with Crippen LogP contribution in [0.3, 0.4) is 0 Å². The molecule has 0 radical (unpaired) electrons. The maximum atomic E-state index is 13.5. The van der Waals surface area contributed by atoms with Crippen molar-refractivity contribution in [3.63, 3.8) is 0 Å². The lowest BCUT2D eigenvalue weighted by Gasteiger charge is -2.32. The van der Waals surface area contributed by atoms with Crippen molar-refractivity contribution in [3.05, 3.63) is 72.6 Å². The number of piperidine rings is 1. The van der Waals surface area contributed by atoms with Gasteiger partial charge in [-0.25, -0.2) is 27.2 Å². The Morgan fingerprint density at radius 2 is 1.76 bits per heavy atom. The van der Waals surface area contributed by atoms with Crippen molar-refractivity contribution in [1.82, 2.24) is 24.2 Å². The number of benzene rings is 2. The van der Waals surface area contributed by atoms with Crippen molar-refractivity contribution in [2.75, 3.05) is 25.0 Å². The predicted molar refractivity (Wildman–Crippen MR) is 144 cm³/mol. The molecule has 10 heteroatoms. The van der Waals surface area contributed by atoms with E-state index in [9.17, 15) is 13.2 Å². The summed E-state index contributed by atoms with van der Waals surface area (Å²) in [6.45, 7) is 5.76. The Hall–Kier alpha value is -3.92. The highest BCUT2D eigenvalue weighted by Gasteiger charge is 2.25. The molecule has 5 rings (SSSR count). The van der Waals surface area contributed by atoms with E-state index in [-0.39, 0.29) is 17.0 Å². The van der Waals surface area contributed by atoms with E-state index in [0.717, 1.165) is 29.4 Å². The molecule has 0 saturated carbocycles. The number of hydrogen-bond acceptors (Lipinski definition) is 6. The Kier molecular flexibility index (Phi) is 6.84. The zero-order valence-corrected chi connectivity index (χ0v) is 21.7. The summed E-state index contributed by atoms with van der Waals surface area (Å²) in [7, 11) is -3.79. The van der Waals surface area contributed by atoms with Crippen molar-refractivity contribution < 1.29 is 13.2 Å². The van der Waals surface area contributed by atoms with Gasteiger partial charge in [0.1, 0.15) is 0 Å². The molecule has 4 aromatic rings. The van der Waals surface area contributed by atoms with Gasteiger partial charge in [-0.1, -0.05) is 36.4 Å². The molecule has 0 bridgehead atoms. The summed E-state index contributed by atoms with van der Waals surface area (Å²) in [5, 5.41) is 7.06. The SMILES string of the molecule is CCNC(=O)N1CCC(Nc2ncc(C)c(-c3cn(S(=O)(=O)c4ccccc4)c4ccccc34)n2)CC1. The number of carbonyl (C=O) groups is 1. The molecule has 0 atom stereocenters. The maximum absolute atomic E-state index is 13.5. The summed E-state index contributed by atoms with van der Waals surface area (Å²) in [5.41, 5.74) is 2.84. The Morgan fingerprint density at radius 1 is 1.05 bits per heavy atom. The van der Waals surface area contributed by atoms with Gasteiger partial charge in [-0.05, 0) is 50.5 Å². The van der Waals surface area contributed by atoms with Gasteiger partial charge >= 0.3 is 6.03 Å². The van der Waals surface area contributed by atoms with Crippen LogP contribution >= 0.6 is 0 Å². The molecular weight excluding hydrogens is 488 g/mol. The van der Waals surface area contributed by atoms with Crippen LogP contribution in [0.25, 0.3) is 22.2 Å².